The Hall–Kier alpha value is -2.57. The van der Waals surface area contributed by atoms with Gasteiger partial charge in [-0.05, 0) is 52.6 Å². The number of pyridine rings is 1. The number of fused-ring (bicyclic) bond motifs is 2. The van der Waals surface area contributed by atoms with Crippen molar-refractivity contribution in [2.24, 2.45) is 5.73 Å². The van der Waals surface area contributed by atoms with Crippen LogP contribution in [0.25, 0.3) is 10.8 Å². The summed E-state index contributed by atoms with van der Waals surface area (Å²) in [4.78, 5) is 25.8. The number of benzene rings is 2. The second-order valence-corrected chi connectivity index (χ2v) is 9.00. The van der Waals surface area contributed by atoms with Crippen molar-refractivity contribution in [1.82, 2.24) is 4.57 Å². The molecule has 0 radical (unpaired) electrons. The number of thioether (sulfide) groups is 1. The molecule has 1 aromatic heterocycles. The molecule has 2 heterocycles. The van der Waals surface area contributed by atoms with Gasteiger partial charge in [-0.15, -0.1) is 11.8 Å². The monoisotopic (exact) mass is 420 g/mol. The molecule has 5 rings (SSSR count). The van der Waals surface area contributed by atoms with E-state index in [2.05, 4.69) is 30.3 Å². The summed E-state index contributed by atoms with van der Waals surface area (Å²) in [5.41, 5.74) is 10.1. The van der Waals surface area contributed by atoms with Crippen LogP contribution in [-0.4, -0.2) is 23.4 Å². The lowest BCUT2D eigenvalue weighted by molar-refractivity contribution is -0.143. The molecule has 1 fully saturated rings. The van der Waals surface area contributed by atoms with E-state index in [1.807, 2.05) is 12.1 Å². The molecule has 2 N–H and O–H groups in total. The maximum absolute atomic E-state index is 13.5. The van der Waals surface area contributed by atoms with E-state index in [1.165, 1.54) is 29.0 Å². The highest BCUT2D eigenvalue weighted by Gasteiger charge is 2.39. The van der Waals surface area contributed by atoms with Gasteiger partial charge in [-0.1, -0.05) is 42.5 Å². The third-order valence-electron chi connectivity index (χ3n) is 6.22. The second-order valence-electron chi connectivity index (χ2n) is 7.99. The lowest BCUT2D eigenvalue weighted by atomic mass is 9.91. The van der Waals surface area contributed by atoms with Crippen LogP contribution in [0.1, 0.15) is 47.1 Å². The van der Waals surface area contributed by atoms with Gasteiger partial charge in [0.05, 0.1) is 12.1 Å². The number of carbonyl (C=O) groups excluding carboxylic acids is 1. The number of methoxy groups -OCH3 is 1. The summed E-state index contributed by atoms with van der Waals surface area (Å²) in [6.45, 7) is 0.164. The third kappa shape index (κ3) is 3.06. The molecule has 0 amide bonds. The van der Waals surface area contributed by atoms with Gasteiger partial charge in [0.15, 0.2) is 0 Å². The summed E-state index contributed by atoms with van der Waals surface area (Å²) in [5, 5.41) is 3.33. The number of hydrogen-bond donors (Lipinski definition) is 1. The molecular weight excluding hydrogens is 396 g/mol. The first-order valence-electron chi connectivity index (χ1n) is 10.3. The molecule has 1 atom stereocenters. The fourth-order valence-electron chi connectivity index (χ4n) is 4.60. The second kappa shape index (κ2) is 7.60. The lowest BCUT2D eigenvalue weighted by Gasteiger charge is -2.21. The average Bonchev–Trinajstić information content (AvgIpc) is 3.51. The van der Waals surface area contributed by atoms with E-state index >= 15 is 0 Å². The Morgan fingerprint density at radius 3 is 2.67 bits per heavy atom. The summed E-state index contributed by atoms with van der Waals surface area (Å²) >= 11 is 1.60. The third-order valence-corrected chi connectivity index (χ3v) is 7.39. The number of nitrogens with zero attached hydrogens (tertiary/aromatic N) is 1. The van der Waals surface area contributed by atoms with E-state index in [0.717, 1.165) is 23.4 Å². The van der Waals surface area contributed by atoms with Crippen molar-refractivity contribution in [2.45, 2.75) is 42.8 Å². The van der Waals surface area contributed by atoms with Crippen molar-refractivity contribution in [1.29, 1.82) is 0 Å². The predicted molar refractivity (Wildman–Crippen MR) is 119 cm³/mol. The van der Waals surface area contributed by atoms with Crippen molar-refractivity contribution in [3.8, 4) is 0 Å². The highest BCUT2D eigenvalue weighted by molar-refractivity contribution is 7.99. The summed E-state index contributed by atoms with van der Waals surface area (Å²) in [5.74, 6) is 0.601. The fraction of sp³-hybridized carbons (Fsp3) is 0.333. The summed E-state index contributed by atoms with van der Waals surface area (Å²) in [7, 11) is 1.37. The van der Waals surface area contributed by atoms with Crippen LogP contribution >= 0.6 is 11.8 Å². The molecule has 30 heavy (non-hydrogen) atoms. The van der Waals surface area contributed by atoms with Crippen molar-refractivity contribution < 1.29 is 9.53 Å². The number of ether oxygens (including phenoxy) is 1. The quantitative estimate of drug-likeness (QED) is 0.637. The van der Waals surface area contributed by atoms with Crippen LogP contribution in [0.4, 0.5) is 0 Å². The van der Waals surface area contributed by atoms with Crippen LogP contribution in [0.5, 0.6) is 0 Å². The van der Waals surface area contributed by atoms with Crippen LogP contribution in [-0.2, 0) is 22.5 Å². The maximum Gasteiger partial charge on any atom is 0.329 e. The zero-order valence-corrected chi connectivity index (χ0v) is 17.7. The first-order valence-corrected chi connectivity index (χ1v) is 11.3. The van der Waals surface area contributed by atoms with E-state index in [1.54, 1.807) is 16.3 Å². The van der Waals surface area contributed by atoms with Crippen molar-refractivity contribution in [3.05, 3.63) is 75.1 Å². The predicted octanol–water partition coefficient (Wildman–Crippen LogP) is 3.75. The minimum Gasteiger partial charge on any atom is -0.467 e. The van der Waals surface area contributed by atoms with Gasteiger partial charge >= 0.3 is 5.97 Å². The molecule has 3 aromatic rings. The molecule has 0 unspecified atom stereocenters. The molecular formula is C24H24N2O3S. The van der Waals surface area contributed by atoms with E-state index in [4.69, 9.17) is 10.5 Å². The van der Waals surface area contributed by atoms with Gasteiger partial charge in [-0.2, -0.15) is 0 Å². The number of rotatable bonds is 5. The molecule has 0 spiro atoms. The number of carbonyl (C=O) groups is 1. The van der Waals surface area contributed by atoms with Crippen LogP contribution in [0.2, 0.25) is 0 Å². The molecule has 2 aliphatic rings. The standard InChI is InChI=1S/C24H24N2O3S/c1-29-24(28)20-13-30-23-21(15-9-10-15)18(19(12-25)22(27)26(20)23)11-16-7-4-6-14-5-2-3-8-17(14)16/h2-8,15,20H,9-13,25H2,1H3/t20-/m0/s1. The van der Waals surface area contributed by atoms with E-state index in [-0.39, 0.29) is 18.1 Å². The van der Waals surface area contributed by atoms with Crippen molar-refractivity contribution in [3.63, 3.8) is 0 Å². The van der Waals surface area contributed by atoms with Crippen LogP contribution in [0.3, 0.4) is 0 Å². The van der Waals surface area contributed by atoms with E-state index in [0.29, 0.717) is 23.7 Å². The normalized spacial score (nSPS) is 17.9. The molecule has 6 heteroatoms. The first kappa shape index (κ1) is 19.4. The maximum atomic E-state index is 13.5. The summed E-state index contributed by atoms with van der Waals surface area (Å²) < 4.78 is 6.62. The molecule has 1 aliphatic carbocycles. The Morgan fingerprint density at radius 1 is 1.17 bits per heavy atom. The van der Waals surface area contributed by atoms with Gasteiger partial charge in [-0.3, -0.25) is 9.36 Å². The smallest absolute Gasteiger partial charge is 0.329 e. The number of nitrogens with two attached hydrogens (primary N) is 1. The van der Waals surface area contributed by atoms with Gasteiger partial charge < -0.3 is 10.5 Å². The number of aromatic nitrogens is 1. The van der Waals surface area contributed by atoms with E-state index < -0.39 is 6.04 Å². The minimum atomic E-state index is -0.572. The Morgan fingerprint density at radius 2 is 1.93 bits per heavy atom. The molecule has 1 aliphatic heterocycles. The highest BCUT2D eigenvalue weighted by Crippen LogP contribution is 2.49. The topological polar surface area (TPSA) is 74.3 Å². The van der Waals surface area contributed by atoms with Crippen LogP contribution in [0, 0.1) is 0 Å². The largest absolute Gasteiger partial charge is 0.467 e. The van der Waals surface area contributed by atoms with Crippen molar-refractivity contribution >= 4 is 28.5 Å². The number of esters is 1. The zero-order chi connectivity index (χ0) is 20.8. The molecule has 2 aromatic carbocycles. The van der Waals surface area contributed by atoms with Gasteiger partial charge in [-0.25, -0.2) is 4.79 Å². The van der Waals surface area contributed by atoms with E-state index in [9.17, 15) is 9.59 Å². The van der Waals surface area contributed by atoms with Crippen LogP contribution in [0.15, 0.2) is 52.3 Å². The van der Waals surface area contributed by atoms with Gasteiger partial charge in [0.1, 0.15) is 6.04 Å². The minimum absolute atomic E-state index is 0.146. The summed E-state index contributed by atoms with van der Waals surface area (Å²) in [6.07, 6.45) is 2.90. The Labute approximate surface area is 179 Å². The van der Waals surface area contributed by atoms with Crippen LogP contribution < -0.4 is 11.3 Å². The molecule has 5 nitrogen and oxygen atoms in total. The Kier molecular flexibility index (Phi) is 4.91. The molecule has 0 bridgehead atoms. The van der Waals surface area contributed by atoms with Crippen molar-refractivity contribution in [2.75, 3.05) is 12.9 Å². The first-order chi connectivity index (χ1) is 14.6. The lowest BCUT2D eigenvalue weighted by Crippen LogP contribution is -2.34. The number of hydrogen-bond acceptors (Lipinski definition) is 5. The highest BCUT2D eigenvalue weighted by atomic mass is 32.2. The molecule has 0 saturated heterocycles. The molecule has 1 saturated carbocycles. The van der Waals surface area contributed by atoms with Gasteiger partial charge in [0.25, 0.3) is 5.56 Å². The summed E-state index contributed by atoms with van der Waals surface area (Å²) in [6, 6.07) is 14.1. The zero-order valence-electron chi connectivity index (χ0n) is 16.9. The SMILES string of the molecule is COC(=O)[C@@H]1CSc2c(C3CC3)c(Cc3cccc4ccccc34)c(CN)c(=O)n21. The fourth-order valence-corrected chi connectivity index (χ4v) is 6.00. The molecule has 154 valence electrons. The van der Waals surface area contributed by atoms with Gasteiger partial charge in [0, 0.05) is 17.9 Å². The Balaban J connectivity index is 1.72. The average molecular weight is 421 g/mol. The Bertz CT molecular complexity index is 1210. The van der Waals surface area contributed by atoms with Gasteiger partial charge in [0.2, 0.25) is 0 Å².